The number of rotatable bonds is 39. The average Bonchev–Trinajstić information content (AvgIpc) is 3.52. The Bertz CT molecular complexity index is 708. The maximum atomic E-state index is 11.6. The van der Waals surface area contributed by atoms with Gasteiger partial charge in [0.25, 0.3) is 0 Å². The molecular weight excluding hydrogens is 646 g/mol. The molecule has 1 fully saturated rings. The lowest BCUT2D eigenvalue weighted by Crippen LogP contribution is -2.24. The quantitative estimate of drug-likeness (QED) is 0.0574. The second-order valence-electron chi connectivity index (χ2n) is 9.60. The fourth-order valence-electron chi connectivity index (χ4n) is 3.39. The van der Waals surface area contributed by atoms with Gasteiger partial charge in [-0.1, -0.05) is 0 Å². The summed E-state index contributed by atoms with van der Waals surface area (Å²) in [5.41, 5.74) is 0. The van der Waals surface area contributed by atoms with Gasteiger partial charge in [-0.05, 0) is 0 Å². The molecule has 284 valence electrons. The van der Waals surface area contributed by atoms with Crippen molar-refractivity contribution in [2.45, 2.75) is 6.10 Å². The molecule has 2 N–H and O–H groups in total. The molecule has 1 amide bonds. The zero-order chi connectivity index (χ0) is 34.4. The summed E-state index contributed by atoms with van der Waals surface area (Å²) in [6.07, 6.45) is -0.978. The minimum absolute atomic E-state index is 0.00241. The predicted octanol–water partition coefficient (Wildman–Crippen LogP) is -1.17. The summed E-state index contributed by atoms with van der Waals surface area (Å²) in [7, 11) is 0. The van der Waals surface area contributed by atoms with E-state index in [1.807, 2.05) is 0 Å². The monoisotopic (exact) mass is 703 g/mol. The van der Waals surface area contributed by atoms with Gasteiger partial charge in [-0.3, -0.25) is 0 Å². The molecule has 1 heterocycles. The first-order valence-electron chi connectivity index (χ1n) is 16.4. The Morgan fingerprint density at radius 3 is 1.08 bits per heavy atom. The summed E-state index contributed by atoms with van der Waals surface area (Å²) in [6, 6.07) is 0. The van der Waals surface area contributed by atoms with Gasteiger partial charge in [0.1, 0.15) is 13.2 Å². The Morgan fingerprint density at radius 1 is 0.521 bits per heavy atom. The first-order valence-corrected chi connectivity index (χ1v) is 16.4. The highest BCUT2D eigenvalue weighted by Crippen LogP contribution is 2.00. The second kappa shape index (κ2) is 36.5. The van der Waals surface area contributed by atoms with Gasteiger partial charge in [0.2, 0.25) is 0 Å². The van der Waals surface area contributed by atoms with E-state index in [2.05, 4.69) is 5.32 Å². The summed E-state index contributed by atoms with van der Waals surface area (Å²) in [5, 5.41) is 11.0. The summed E-state index contributed by atoms with van der Waals surface area (Å²) in [5.74, 6) is -0.532. The van der Waals surface area contributed by atoms with Crippen LogP contribution in [0.15, 0.2) is 0 Å². The number of carbonyl (C=O) groups excluding carboxylic acids is 2. The third-order valence-corrected chi connectivity index (χ3v) is 5.73. The fraction of sp³-hybridized carbons (Fsp3) is 0.933. The minimum Gasteiger partial charge on any atom is -0.460 e. The van der Waals surface area contributed by atoms with Gasteiger partial charge in [-0.15, -0.1) is 0 Å². The molecule has 0 saturated carbocycles. The number of aliphatic hydroxyl groups is 1. The highest BCUT2D eigenvalue weighted by molar-refractivity contribution is 5.71. The number of alkyl carbamates (subject to hydrolysis) is 1. The van der Waals surface area contributed by atoms with Crippen molar-refractivity contribution < 1.29 is 81.0 Å². The first kappa shape index (κ1) is 44.2. The summed E-state index contributed by atoms with van der Waals surface area (Å²) in [4.78, 5) is 22.4. The van der Waals surface area contributed by atoms with Crippen molar-refractivity contribution in [3.05, 3.63) is 0 Å². The Balaban J connectivity index is 1.62. The molecule has 1 rings (SSSR count). The van der Waals surface area contributed by atoms with Crippen LogP contribution in [0.1, 0.15) is 0 Å². The first-order chi connectivity index (χ1) is 23.7. The zero-order valence-electron chi connectivity index (χ0n) is 28.1. The summed E-state index contributed by atoms with van der Waals surface area (Å²) >= 11 is 0. The Hall–Kier alpha value is -1.78. The third kappa shape index (κ3) is 32.8. The topological polar surface area (TPSA) is 196 Å². The van der Waals surface area contributed by atoms with E-state index in [4.69, 9.17) is 71.4 Å². The van der Waals surface area contributed by atoms with Gasteiger partial charge >= 0.3 is 12.1 Å². The number of carbonyl (C=O) groups is 2. The van der Waals surface area contributed by atoms with E-state index in [9.17, 15) is 9.59 Å². The van der Waals surface area contributed by atoms with Crippen LogP contribution in [0.2, 0.25) is 0 Å². The van der Waals surface area contributed by atoms with Crippen LogP contribution in [0.4, 0.5) is 4.79 Å². The smallest absolute Gasteiger partial charge is 0.407 e. The van der Waals surface area contributed by atoms with Gasteiger partial charge < -0.3 is 76.7 Å². The highest BCUT2D eigenvalue weighted by Gasteiger charge is 2.23. The molecule has 1 atom stereocenters. The molecule has 0 spiro atoms. The lowest BCUT2D eigenvalue weighted by molar-refractivity contribution is -0.151. The van der Waals surface area contributed by atoms with Crippen molar-refractivity contribution in [2.24, 2.45) is 0 Å². The van der Waals surface area contributed by atoms with E-state index in [0.29, 0.717) is 152 Å². The third-order valence-electron chi connectivity index (χ3n) is 5.73. The summed E-state index contributed by atoms with van der Waals surface area (Å²) < 4.78 is 74.3. The van der Waals surface area contributed by atoms with Crippen molar-refractivity contribution in [3.8, 4) is 0 Å². The van der Waals surface area contributed by atoms with Crippen molar-refractivity contribution in [1.82, 2.24) is 5.32 Å². The molecule has 48 heavy (non-hydrogen) atoms. The van der Waals surface area contributed by atoms with E-state index in [1.54, 1.807) is 0 Å². The molecule has 0 bridgehead atoms. The van der Waals surface area contributed by atoms with E-state index in [-0.39, 0.29) is 26.4 Å². The van der Waals surface area contributed by atoms with Crippen molar-refractivity contribution >= 4 is 12.1 Å². The standard InChI is InChI=1S/C30H57NO17/c32-1-2-35-3-4-36-5-6-37-7-8-38-9-10-39-11-12-40-13-14-41-15-16-42-17-18-43-19-20-44-21-22-45-23-24-46-27-29(33)47-26-28-25-31-30(34)48-28/h28,32H,1-27H2,(H,31,34)/t28-/m0/s1. The number of esters is 1. The number of ether oxygens (including phenoxy) is 14. The van der Waals surface area contributed by atoms with Gasteiger partial charge in [0, 0.05) is 0 Å². The number of nitrogens with one attached hydrogen (secondary N) is 1. The van der Waals surface area contributed by atoms with Crippen LogP contribution in [0, 0.1) is 0 Å². The van der Waals surface area contributed by atoms with Crippen molar-refractivity contribution in [2.75, 3.05) is 178 Å². The molecule has 18 heteroatoms. The lowest BCUT2D eigenvalue weighted by atomic mass is 10.4. The molecule has 0 aromatic rings. The van der Waals surface area contributed by atoms with Crippen LogP contribution in [0.5, 0.6) is 0 Å². The largest absolute Gasteiger partial charge is 0.460 e. The lowest BCUT2D eigenvalue weighted by Gasteiger charge is -2.10. The zero-order valence-corrected chi connectivity index (χ0v) is 28.1. The van der Waals surface area contributed by atoms with Gasteiger partial charge in [-0.25, -0.2) is 9.59 Å². The minimum atomic E-state index is -0.532. The Labute approximate surface area is 283 Å². The number of aliphatic hydroxyl groups excluding tert-OH is 1. The van der Waals surface area contributed by atoms with Crippen molar-refractivity contribution in [3.63, 3.8) is 0 Å². The highest BCUT2D eigenvalue weighted by atomic mass is 16.6. The maximum Gasteiger partial charge on any atom is 0.407 e. The van der Waals surface area contributed by atoms with Crippen LogP contribution >= 0.6 is 0 Å². The number of cyclic esters (lactones) is 1. The molecule has 1 aliphatic rings. The van der Waals surface area contributed by atoms with E-state index in [1.165, 1.54) is 0 Å². The molecule has 0 radical (unpaired) electrons. The van der Waals surface area contributed by atoms with E-state index >= 15 is 0 Å². The Morgan fingerprint density at radius 2 is 0.812 bits per heavy atom. The number of hydrogen-bond acceptors (Lipinski definition) is 17. The van der Waals surface area contributed by atoms with Crippen LogP contribution in [0.25, 0.3) is 0 Å². The second-order valence-corrected chi connectivity index (χ2v) is 9.60. The van der Waals surface area contributed by atoms with Crippen LogP contribution < -0.4 is 5.32 Å². The molecule has 18 nitrogen and oxygen atoms in total. The molecular formula is C30H57NO17. The van der Waals surface area contributed by atoms with Crippen LogP contribution in [-0.2, 0) is 71.1 Å². The molecule has 1 aliphatic heterocycles. The van der Waals surface area contributed by atoms with E-state index < -0.39 is 18.2 Å². The SMILES string of the molecule is O=C(COCCOCCOCCOCCOCCOCCOCCOCCOCCOCCOCCOCCO)OC[C@@H]1CNC(=O)O1. The number of amides is 1. The van der Waals surface area contributed by atoms with Crippen LogP contribution in [-0.4, -0.2) is 202 Å². The molecule has 0 aromatic heterocycles. The predicted molar refractivity (Wildman–Crippen MR) is 166 cm³/mol. The molecule has 0 unspecified atom stereocenters. The molecule has 1 saturated heterocycles. The Kier molecular flexibility index (Phi) is 33.6. The fourth-order valence-corrected chi connectivity index (χ4v) is 3.39. The average molecular weight is 704 g/mol. The van der Waals surface area contributed by atoms with Gasteiger partial charge in [0.15, 0.2) is 6.10 Å². The van der Waals surface area contributed by atoms with Gasteiger partial charge in [0.05, 0.1) is 165 Å². The van der Waals surface area contributed by atoms with E-state index in [0.717, 1.165) is 0 Å². The molecule has 0 aromatic carbocycles. The maximum absolute atomic E-state index is 11.6. The summed E-state index contributed by atoms with van der Waals surface area (Å²) in [6.45, 7) is 10.4. The van der Waals surface area contributed by atoms with Crippen LogP contribution in [0.3, 0.4) is 0 Å². The normalized spacial score (nSPS) is 14.4. The van der Waals surface area contributed by atoms with Gasteiger partial charge in [-0.2, -0.15) is 0 Å². The molecule has 0 aliphatic carbocycles. The number of hydrogen-bond donors (Lipinski definition) is 2. The van der Waals surface area contributed by atoms with Crippen molar-refractivity contribution in [1.29, 1.82) is 0 Å².